The Kier molecular flexibility index (Phi) is 7.96. The molecule has 2 fully saturated rings. The van der Waals surface area contributed by atoms with Crippen LogP contribution in [0.1, 0.15) is 61.3 Å². The predicted octanol–water partition coefficient (Wildman–Crippen LogP) is 4.29. The number of benzene rings is 2. The number of aliphatic carboxylic acids is 1. The van der Waals surface area contributed by atoms with Gasteiger partial charge in [-0.15, -0.1) is 0 Å². The van der Waals surface area contributed by atoms with Crippen LogP contribution in [0.25, 0.3) is 0 Å². The molecule has 5 rings (SSSR count). The van der Waals surface area contributed by atoms with Gasteiger partial charge in [0, 0.05) is 31.4 Å². The van der Waals surface area contributed by atoms with Crippen molar-refractivity contribution in [1.82, 2.24) is 4.90 Å². The van der Waals surface area contributed by atoms with Gasteiger partial charge in [-0.05, 0) is 30.0 Å². The van der Waals surface area contributed by atoms with E-state index in [9.17, 15) is 14.7 Å². The molecule has 198 valence electrons. The molecule has 1 saturated heterocycles. The Hall–Kier alpha value is -3.10. The Morgan fingerprint density at radius 2 is 1.73 bits per heavy atom. The second-order valence-corrected chi connectivity index (χ2v) is 10.0. The topological polar surface area (TPSA) is 94.5 Å². The quantitative estimate of drug-likeness (QED) is 0.567. The molecule has 0 bridgehead atoms. The lowest BCUT2D eigenvalue weighted by molar-refractivity contribution is -0.160. The van der Waals surface area contributed by atoms with Crippen molar-refractivity contribution in [2.75, 3.05) is 20.3 Å². The summed E-state index contributed by atoms with van der Waals surface area (Å²) in [6.45, 7) is 1.42. The molecule has 1 N–H and O–H groups in total. The number of carboxylic acid groups (broad SMARTS) is 1. The fourth-order valence-electron chi connectivity index (χ4n) is 5.59. The molecule has 2 aromatic carbocycles. The number of fused-ring (bicyclic) bond motifs is 1. The van der Waals surface area contributed by atoms with E-state index in [4.69, 9.17) is 18.9 Å². The molecular weight excluding hydrogens is 474 g/mol. The van der Waals surface area contributed by atoms with Crippen molar-refractivity contribution in [3.05, 3.63) is 59.2 Å². The largest absolute Gasteiger partial charge is 0.493 e. The van der Waals surface area contributed by atoms with E-state index in [2.05, 4.69) is 0 Å². The van der Waals surface area contributed by atoms with Gasteiger partial charge in [0.25, 0.3) is 5.91 Å². The highest BCUT2D eigenvalue weighted by molar-refractivity contribution is 5.88. The zero-order valence-electron chi connectivity index (χ0n) is 21.3. The molecule has 3 aliphatic rings. The molecular formula is C29H35NO7. The van der Waals surface area contributed by atoms with E-state index >= 15 is 0 Å². The summed E-state index contributed by atoms with van der Waals surface area (Å²) in [6.07, 6.45) is 4.76. The molecule has 0 unspecified atom stereocenters. The van der Waals surface area contributed by atoms with Gasteiger partial charge in [0.1, 0.15) is 12.1 Å². The van der Waals surface area contributed by atoms with Gasteiger partial charge in [0.2, 0.25) is 0 Å². The number of methoxy groups -OCH3 is 1. The third-order valence-electron chi connectivity index (χ3n) is 7.63. The maximum Gasteiger partial charge on any atom is 0.326 e. The fourth-order valence-corrected chi connectivity index (χ4v) is 5.59. The maximum absolute atomic E-state index is 14.0. The molecule has 2 atom stereocenters. The summed E-state index contributed by atoms with van der Waals surface area (Å²) in [5, 5.41) is 10.2. The van der Waals surface area contributed by atoms with E-state index in [0.717, 1.165) is 55.2 Å². The van der Waals surface area contributed by atoms with Crippen LogP contribution in [-0.4, -0.2) is 60.5 Å². The minimum atomic E-state index is -1.05. The summed E-state index contributed by atoms with van der Waals surface area (Å²) < 4.78 is 23.8. The van der Waals surface area contributed by atoms with Gasteiger partial charge in [-0.3, -0.25) is 4.79 Å². The summed E-state index contributed by atoms with van der Waals surface area (Å²) in [5.41, 5.74) is 2.39. The SMILES string of the molecule is COc1ccc2c(c1OC1CCOCC1)C[C@H](C(=O)O)N(C(=O)[C@H](OC1CCCC1)c1ccccc1)C2. The molecule has 37 heavy (non-hydrogen) atoms. The van der Waals surface area contributed by atoms with E-state index in [1.54, 1.807) is 7.11 Å². The third-order valence-corrected chi connectivity index (χ3v) is 7.63. The zero-order valence-corrected chi connectivity index (χ0v) is 21.3. The number of amides is 1. The van der Waals surface area contributed by atoms with E-state index in [-0.39, 0.29) is 31.1 Å². The van der Waals surface area contributed by atoms with Crippen LogP contribution in [0.2, 0.25) is 0 Å². The third kappa shape index (κ3) is 5.60. The number of hydrogen-bond acceptors (Lipinski definition) is 6. The first-order valence-corrected chi connectivity index (χ1v) is 13.2. The van der Waals surface area contributed by atoms with Crippen LogP contribution in [0.4, 0.5) is 0 Å². The maximum atomic E-state index is 14.0. The number of nitrogens with zero attached hydrogens (tertiary/aromatic N) is 1. The average Bonchev–Trinajstić information content (AvgIpc) is 3.45. The number of carbonyl (C=O) groups is 2. The minimum absolute atomic E-state index is 0.00162. The lowest BCUT2D eigenvalue weighted by atomic mass is 9.91. The highest BCUT2D eigenvalue weighted by Gasteiger charge is 2.41. The minimum Gasteiger partial charge on any atom is -0.493 e. The Balaban J connectivity index is 1.46. The van der Waals surface area contributed by atoms with Gasteiger partial charge >= 0.3 is 5.97 Å². The molecule has 0 aromatic heterocycles. The summed E-state index contributed by atoms with van der Waals surface area (Å²) in [7, 11) is 1.58. The number of carboxylic acids is 1. The Labute approximate surface area is 217 Å². The standard InChI is InChI=1S/C29H35NO7/c1-34-25-12-11-20-18-30(24(29(32)33)17-23(20)27(25)37-22-13-15-35-16-14-22)28(31)26(19-7-3-2-4-8-19)36-21-9-5-6-10-21/h2-4,7-8,11-12,21-22,24,26H,5-6,9-10,13-18H2,1H3,(H,32,33)/t24-,26-/m1/s1. The predicted molar refractivity (Wildman–Crippen MR) is 136 cm³/mol. The number of ether oxygens (including phenoxy) is 4. The van der Waals surface area contributed by atoms with Gasteiger partial charge < -0.3 is 29.0 Å². The van der Waals surface area contributed by atoms with Gasteiger partial charge in [-0.1, -0.05) is 49.2 Å². The molecule has 0 radical (unpaired) electrons. The van der Waals surface area contributed by atoms with E-state index < -0.39 is 18.1 Å². The van der Waals surface area contributed by atoms with Crippen molar-refractivity contribution in [2.45, 2.75) is 75.8 Å². The van der Waals surface area contributed by atoms with Crippen LogP contribution in [-0.2, 0) is 32.0 Å². The molecule has 1 aliphatic carbocycles. The summed E-state index contributed by atoms with van der Waals surface area (Å²) >= 11 is 0. The Morgan fingerprint density at radius 3 is 2.41 bits per heavy atom. The molecule has 2 heterocycles. The van der Waals surface area contributed by atoms with Crippen molar-refractivity contribution in [1.29, 1.82) is 0 Å². The lowest BCUT2D eigenvalue weighted by Gasteiger charge is -2.38. The highest BCUT2D eigenvalue weighted by Crippen LogP contribution is 2.41. The second kappa shape index (κ2) is 11.5. The van der Waals surface area contributed by atoms with Crippen molar-refractivity contribution >= 4 is 11.9 Å². The second-order valence-electron chi connectivity index (χ2n) is 10.0. The van der Waals surface area contributed by atoms with E-state index in [1.807, 2.05) is 42.5 Å². The van der Waals surface area contributed by atoms with Crippen LogP contribution in [0.5, 0.6) is 11.5 Å². The van der Waals surface area contributed by atoms with Gasteiger partial charge in [0.05, 0.1) is 26.4 Å². The van der Waals surface area contributed by atoms with Crippen LogP contribution >= 0.6 is 0 Å². The van der Waals surface area contributed by atoms with Crippen molar-refractivity contribution in [3.8, 4) is 11.5 Å². The summed E-state index contributed by atoms with van der Waals surface area (Å²) in [6, 6.07) is 12.1. The Morgan fingerprint density at radius 1 is 1.00 bits per heavy atom. The number of hydrogen-bond donors (Lipinski definition) is 1. The van der Waals surface area contributed by atoms with Crippen molar-refractivity contribution in [2.24, 2.45) is 0 Å². The fraction of sp³-hybridized carbons (Fsp3) is 0.517. The smallest absolute Gasteiger partial charge is 0.326 e. The highest BCUT2D eigenvalue weighted by atomic mass is 16.5. The van der Waals surface area contributed by atoms with Gasteiger partial charge in [-0.25, -0.2) is 4.79 Å². The molecule has 1 saturated carbocycles. The molecule has 2 aromatic rings. The van der Waals surface area contributed by atoms with Crippen LogP contribution in [0.15, 0.2) is 42.5 Å². The first-order valence-electron chi connectivity index (χ1n) is 13.2. The van der Waals surface area contributed by atoms with Gasteiger partial charge in [0.15, 0.2) is 17.6 Å². The number of rotatable bonds is 8. The van der Waals surface area contributed by atoms with E-state index in [1.165, 1.54) is 4.90 Å². The molecule has 2 aliphatic heterocycles. The lowest BCUT2D eigenvalue weighted by Crippen LogP contribution is -2.51. The average molecular weight is 510 g/mol. The molecule has 8 nitrogen and oxygen atoms in total. The van der Waals surface area contributed by atoms with Gasteiger partial charge in [-0.2, -0.15) is 0 Å². The molecule has 1 amide bonds. The van der Waals surface area contributed by atoms with E-state index in [0.29, 0.717) is 24.7 Å². The molecule has 0 spiro atoms. The summed E-state index contributed by atoms with van der Waals surface area (Å²) in [5.74, 6) is -0.224. The number of carbonyl (C=O) groups excluding carboxylic acids is 1. The zero-order chi connectivity index (χ0) is 25.8. The normalized spacial score (nSPS) is 21.3. The monoisotopic (exact) mass is 509 g/mol. The first kappa shape index (κ1) is 25.5. The first-order chi connectivity index (χ1) is 18.0. The Bertz CT molecular complexity index is 1090. The van der Waals surface area contributed by atoms with Crippen molar-refractivity contribution in [3.63, 3.8) is 0 Å². The summed E-state index contributed by atoms with van der Waals surface area (Å²) in [4.78, 5) is 28.0. The van der Waals surface area contributed by atoms with Crippen LogP contribution < -0.4 is 9.47 Å². The van der Waals surface area contributed by atoms with Crippen molar-refractivity contribution < 1.29 is 33.6 Å². The molecule has 8 heteroatoms. The van der Waals surface area contributed by atoms with Crippen LogP contribution in [0, 0.1) is 0 Å². The van der Waals surface area contributed by atoms with Crippen LogP contribution in [0.3, 0.4) is 0 Å².